The van der Waals surface area contributed by atoms with E-state index in [1.54, 1.807) is 35.2 Å². The summed E-state index contributed by atoms with van der Waals surface area (Å²) in [6.07, 6.45) is 3.50. The number of likely N-dealkylation sites (N-methyl/N-ethyl adjacent to an activating group) is 1. The molecule has 0 atom stereocenters. The monoisotopic (exact) mass is 500 g/mol. The number of amides is 1. The van der Waals surface area contributed by atoms with Gasteiger partial charge in [-0.3, -0.25) is 9.69 Å². The van der Waals surface area contributed by atoms with Crippen molar-refractivity contribution in [2.75, 3.05) is 20.3 Å². The Balaban J connectivity index is 1.88. The Labute approximate surface area is 193 Å². The molecule has 0 saturated carbocycles. The number of rotatable bonds is 7. The number of hydrogen-bond acceptors (Lipinski definition) is 6. The van der Waals surface area contributed by atoms with Crippen LogP contribution in [0.25, 0.3) is 6.08 Å². The van der Waals surface area contributed by atoms with E-state index in [-0.39, 0.29) is 5.91 Å². The number of hydrogen-bond donors (Lipinski definition) is 0. The SMILES string of the molecule is C=CCOc1ccc(C=C2SC(=Nc3cccc(C(=O)OC)c3)N(CC)C2=O)cc1Br. The number of methoxy groups -OCH3 is 1. The lowest BCUT2D eigenvalue weighted by Gasteiger charge is -2.12. The second-order valence-corrected chi connectivity index (χ2v) is 8.25. The van der Waals surface area contributed by atoms with E-state index in [2.05, 4.69) is 27.5 Å². The van der Waals surface area contributed by atoms with Gasteiger partial charge in [0.1, 0.15) is 12.4 Å². The van der Waals surface area contributed by atoms with Crippen LogP contribution in [0.5, 0.6) is 5.75 Å². The van der Waals surface area contributed by atoms with Crippen molar-refractivity contribution < 1.29 is 19.1 Å². The van der Waals surface area contributed by atoms with Gasteiger partial charge in [0, 0.05) is 6.54 Å². The molecular formula is C23H21BrN2O4S. The Morgan fingerprint density at radius 3 is 2.77 bits per heavy atom. The Morgan fingerprint density at radius 2 is 2.10 bits per heavy atom. The fourth-order valence-corrected chi connectivity index (χ4v) is 4.40. The van der Waals surface area contributed by atoms with Crippen LogP contribution in [-0.4, -0.2) is 42.2 Å². The smallest absolute Gasteiger partial charge is 0.337 e. The maximum Gasteiger partial charge on any atom is 0.337 e. The molecular weight excluding hydrogens is 480 g/mol. The third-order valence-electron chi connectivity index (χ3n) is 4.31. The van der Waals surface area contributed by atoms with Gasteiger partial charge in [-0.25, -0.2) is 9.79 Å². The van der Waals surface area contributed by atoms with Crippen molar-refractivity contribution >= 4 is 56.5 Å². The molecule has 2 aromatic carbocycles. The van der Waals surface area contributed by atoms with Crippen molar-refractivity contribution in [1.29, 1.82) is 0 Å². The first kappa shape index (κ1) is 22.8. The quantitative estimate of drug-likeness (QED) is 0.288. The number of halogens is 1. The zero-order valence-corrected chi connectivity index (χ0v) is 19.5. The van der Waals surface area contributed by atoms with Crippen molar-refractivity contribution in [1.82, 2.24) is 4.90 Å². The van der Waals surface area contributed by atoms with Crippen LogP contribution in [0.15, 0.2) is 69.5 Å². The highest BCUT2D eigenvalue weighted by Gasteiger charge is 2.32. The molecule has 31 heavy (non-hydrogen) atoms. The summed E-state index contributed by atoms with van der Waals surface area (Å²) in [5, 5.41) is 0.561. The lowest BCUT2D eigenvalue weighted by atomic mass is 10.2. The summed E-state index contributed by atoms with van der Waals surface area (Å²) in [6, 6.07) is 12.4. The zero-order valence-electron chi connectivity index (χ0n) is 17.1. The Bertz CT molecular complexity index is 1080. The van der Waals surface area contributed by atoms with Gasteiger partial charge >= 0.3 is 5.97 Å². The molecule has 1 aliphatic heterocycles. The van der Waals surface area contributed by atoms with Gasteiger partial charge in [-0.2, -0.15) is 0 Å². The third-order valence-corrected chi connectivity index (χ3v) is 5.93. The van der Waals surface area contributed by atoms with Gasteiger partial charge in [-0.15, -0.1) is 0 Å². The summed E-state index contributed by atoms with van der Waals surface area (Å²) in [7, 11) is 1.33. The molecule has 0 N–H and O–H groups in total. The largest absolute Gasteiger partial charge is 0.488 e. The van der Waals surface area contributed by atoms with Gasteiger partial charge in [0.2, 0.25) is 0 Å². The lowest BCUT2D eigenvalue weighted by molar-refractivity contribution is -0.122. The van der Waals surface area contributed by atoms with E-state index < -0.39 is 5.97 Å². The first-order valence-electron chi connectivity index (χ1n) is 9.48. The standard InChI is InChI=1S/C23H21BrN2O4S/c1-4-11-30-19-10-9-15(12-18(19)24)13-20-21(27)26(5-2)23(31-20)25-17-8-6-7-16(14-17)22(28)29-3/h4,6-10,12-14H,1,5,11H2,2-3H3. The van der Waals surface area contributed by atoms with Crippen LogP contribution < -0.4 is 4.74 Å². The summed E-state index contributed by atoms with van der Waals surface area (Å²) in [4.78, 5) is 31.4. The Kier molecular flexibility index (Phi) is 7.70. The van der Waals surface area contributed by atoms with Crippen molar-refractivity contribution in [2.24, 2.45) is 4.99 Å². The number of carbonyl (C=O) groups is 2. The minimum absolute atomic E-state index is 0.113. The fourth-order valence-electron chi connectivity index (χ4n) is 2.82. The van der Waals surface area contributed by atoms with Gasteiger partial charge < -0.3 is 9.47 Å². The second kappa shape index (κ2) is 10.5. The van der Waals surface area contributed by atoms with Crippen LogP contribution in [0.3, 0.4) is 0 Å². The van der Waals surface area contributed by atoms with Crippen molar-refractivity contribution in [3.8, 4) is 5.75 Å². The number of aliphatic imine (C=N–C) groups is 1. The summed E-state index contributed by atoms with van der Waals surface area (Å²) >= 11 is 4.79. The normalized spacial score (nSPS) is 16.1. The van der Waals surface area contributed by atoms with E-state index in [9.17, 15) is 9.59 Å². The van der Waals surface area contributed by atoms with Crippen LogP contribution in [0, 0.1) is 0 Å². The van der Waals surface area contributed by atoms with Crippen molar-refractivity contribution in [2.45, 2.75) is 6.92 Å². The third kappa shape index (κ3) is 5.45. The second-order valence-electron chi connectivity index (χ2n) is 6.39. The topological polar surface area (TPSA) is 68.2 Å². The molecule has 0 bridgehead atoms. The highest BCUT2D eigenvalue weighted by atomic mass is 79.9. The van der Waals surface area contributed by atoms with Crippen LogP contribution >= 0.6 is 27.7 Å². The molecule has 0 unspecified atom stereocenters. The molecule has 1 fully saturated rings. The summed E-state index contributed by atoms with van der Waals surface area (Å²) < 4.78 is 11.1. The van der Waals surface area contributed by atoms with Gasteiger partial charge in [-0.05, 0) is 76.6 Å². The Hall–Kier alpha value is -2.84. The summed E-state index contributed by atoms with van der Waals surface area (Å²) in [5.41, 5.74) is 1.84. The summed E-state index contributed by atoms with van der Waals surface area (Å²) in [6.45, 7) is 6.43. The van der Waals surface area contributed by atoms with Crippen LogP contribution in [0.4, 0.5) is 5.69 Å². The minimum atomic E-state index is -0.434. The molecule has 0 aromatic heterocycles. The average Bonchev–Trinajstić information content (AvgIpc) is 3.06. The number of amidine groups is 1. The maximum atomic E-state index is 12.9. The predicted molar refractivity (Wildman–Crippen MR) is 128 cm³/mol. The number of benzene rings is 2. The van der Waals surface area contributed by atoms with E-state index in [0.717, 1.165) is 10.0 Å². The highest BCUT2D eigenvalue weighted by molar-refractivity contribution is 9.10. The number of nitrogens with zero attached hydrogens (tertiary/aromatic N) is 2. The van der Waals surface area contributed by atoms with Gasteiger partial charge in [-0.1, -0.05) is 24.8 Å². The van der Waals surface area contributed by atoms with Crippen LogP contribution in [0.1, 0.15) is 22.8 Å². The molecule has 3 rings (SSSR count). The molecule has 0 radical (unpaired) electrons. The number of esters is 1. The lowest BCUT2D eigenvalue weighted by Crippen LogP contribution is -2.28. The number of ether oxygens (including phenoxy) is 2. The maximum absolute atomic E-state index is 12.9. The molecule has 1 heterocycles. The molecule has 160 valence electrons. The van der Waals surface area contributed by atoms with Crippen LogP contribution in [0.2, 0.25) is 0 Å². The van der Waals surface area contributed by atoms with Crippen molar-refractivity contribution in [3.63, 3.8) is 0 Å². The summed E-state index contributed by atoms with van der Waals surface area (Å²) in [5.74, 6) is 0.157. The molecule has 1 amide bonds. The number of carbonyl (C=O) groups excluding carboxylic acids is 2. The Morgan fingerprint density at radius 1 is 1.29 bits per heavy atom. The van der Waals surface area contributed by atoms with E-state index in [0.29, 0.717) is 40.2 Å². The van der Waals surface area contributed by atoms with Crippen LogP contribution in [-0.2, 0) is 9.53 Å². The number of thioether (sulfide) groups is 1. The fraction of sp³-hybridized carbons (Fsp3) is 0.174. The van der Waals surface area contributed by atoms with Gasteiger partial charge in [0.15, 0.2) is 5.17 Å². The van der Waals surface area contributed by atoms with Crippen molar-refractivity contribution in [3.05, 3.63) is 75.6 Å². The van der Waals surface area contributed by atoms with E-state index in [1.807, 2.05) is 31.2 Å². The molecule has 8 heteroatoms. The average molecular weight is 501 g/mol. The molecule has 1 saturated heterocycles. The first-order chi connectivity index (χ1) is 15.0. The van der Waals surface area contributed by atoms with E-state index in [1.165, 1.54) is 18.9 Å². The zero-order chi connectivity index (χ0) is 22.4. The van der Waals surface area contributed by atoms with Gasteiger partial charge in [0.05, 0.1) is 27.7 Å². The van der Waals surface area contributed by atoms with Gasteiger partial charge in [0.25, 0.3) is 5.91 Å². The predicted octanol–water partition coefficient (Wildman–Crippen LogP) is 5.42. The van der Waals surface area contributed by atoms with E-state index in [4.69, 9.17) is 9.47 Å². The molecule has 2 aromatic rings. The molecule has 6 nitrogen and oxygen atoms in total. The first-order valence-corrected chi connectivity index (χ1v) is 11.1. The molecule has 1 aliphatic rings. The van der Waals surface area contributed by atoms with E-state index >= 15 is 0 Å². The minimum Gasteiger partial charge on any atom is -0.488 e. The molecule has 0 aliphatic carbocycles. The highest BCUT2D eigenvalue weighted by Crippen LogP contribution is 2.35. The molecule has 0 spiro atoms.